The van der Waals surface area contributed by atoms with Crippen LogP contribution in [0.3, 0.4) is 0 Å². The van der Waals surface area contributed by atoms with Gasteiger partial charge < -0.3 is 5.32 Å². The molecule has 2 aromatic rings. The summed E-state index contributed by atoms with van der Waals surface area (Å²) in [4.78, 5) is 24.0. The van der Waals surface area contributed by atoms with E-state index in [1.807, 2.05) is 0 Å². The van der Waals surface area contributed by atoms with Crippen molar-refractivity contribution in [2.24, 2.45) is 0 Å². The normalized spacial score (nSPS) is 13.2. The van der Waals surface area contributed by atoms with E-state index in [-0.39, 0.29) is 16.3 Å². The van der Waals surface area contributed by atoms with E-state index in [9.17, 15) is 25.4 Å². The number of rotatable bonds is 4. The number of hydrogen-bond acceptors (Lipinski definition) is 6. The third kappa shape index (κ3) is 3.89. The molecule has 0 fully saturated rings. The number of carbonyl (C=O) groups is 1. The Kier molecular flexibility index (Phi) is 5.74. The summed E-state index contributed by atoms with van der Waals surface area (Å²) in [5.74, 6) is -0.671. The first-order valence-electron chi connectivity index (χ1n) is 8.36. The maximum absolute atomic E-state index is 12.6. The molecule has 7 nitrogen and oxygen atoms in total. The van der Waals surface area contributed by atoms with Crippen LogP contribution in [0.15, 0.2) is 23.8 Å². The molecule has 0 bridgehead atoms. The molecule has 9 heteroatoms. The van der Waals surface area contributed by atoms with Crippen LogP contribution in [0.1, 0.15) is 34.4 Å². The third-order valence-corrected chi connectivity index (χ3v) is 5.88. The number of anilines is 1. The van der Waals surface area contributed by atoms with Crippen molar-refractivity contribution in [3.63, 3.8) is 0 Å². The van der Waals surface area contributed by atoms with Crippen molar-refractivity contribution in [2.75, 3.05) is 5.32 Å². The van der Waals surface area contributed by atoms with Crippen LogP contribution in [0.5, 0.6) is 0 Å². The molecule has 0 spiro atoms. The second-order valence-corrected chi connectivity index (χ2v) is 7.63. The number of hydrogen-bond donors (Lipinski definition) is 1. The van der Waals surface area contributed by atoms with Crippen LogP contribution in [-0.4, -0.2) is 10.8 Å². The molecule has 0 aliphatic heterocycles. The van der Waals surface area contributed by atoms with Crippen LogP contribution in [0.2, 0.25) is 5.02 Å². The van der Waals surface area contributed by atoms with Gasteiger partial charge in [0.1, 0.15) is 27.7 Å². The van der Waals surface area contributed by atoms with Gasteiger partial charge in [-0.1, -0.05) is 17.7 Å². The lowest BCUT2D eigenvalue weighted by Gasteiger charge is -2.09. The van der Waals surface area contributed by atoms with E-state index < -0.39 is 10.8 Å². The Balaban J connectivity index is 1.90. The summed E-state index contributed by atoms with van der Waals surface area (Å²) in [6.45, 7) is 0. The summed E-state index contributed by atoms with van der Waals surface area (Å²) in [7, 11) is 0. The number of nitriles is 2. The van der Waals surface area contributed by atoms with E-state index in [2.05, 4.69) is 11.4 Å². The van der Waals surface area contributed by atoms with Gasteiger partial charge >= 0.3 is 0 Å². The van der Waals surface area contributed by atoms with Crippen LogP contribution in [0.4, 0.5) is 10.7 Å². The van der Waals surface area contributed by atoms with Gasteiger partial charge in [0, 0.05) is 10.9 Å². The number of aryl methyl sites for hydroxylation is 1. The highest BCUT2D eigenvalue weighted by atomic mass is 35.5. The number of amides is 1. The van der Waals surface area contributed by atoms with E-state index >= 15 is 0 Å². The number of thiophene rings is 1. The number of halogens is 1. The average Bonchev–Trinajstić information content (AvgIpc) is 3.03. The summed E-state index contributed by atoms with van der Waals surface area (Å²) in [6, 6.07) is 7.95. The van der Waals surface area contributed by atoms with Gasteiger partial charge in [0.05, 0.1) is 10.5 Å². The van der Waals surface area contributed by atoms with Gasteiger partial charge in [-0.15, -0.1) is 11.3 Å². The highest BCUT2D eigenvalue weighted by Gasteiger charge is 2.23. The van der Waals surface area contributed by atoms with Gasteiger partial charge in [0.2, 0.25) is 0 Å². The molecule has 1 aromatic carbocycles. The Hall–Kier alpha value is -3.20. The van der Waals surface area contributed by atoms with Crippen molar-refractivity contribution in [1.29, 1.82) is 10.5 Å². The number of nitrogens with one attached hydrogen (secondary N) is 1. The fraction of sp³-hybridized carbons (Fsp3) is 0.211. The van der Waals surface area contributed by atoms with Crippen LogP contribution >= 0.6 is 22.9 Å². The minimum Gasteiger partial charge on any atom is -0.312 e. The van der Waals surface area contributed by atoms with Gasteiger partial charge in [-0.3, -0.25) is 14.9 Å². The molecule has 1 aliphatic carbocycles. The number of carbonyl (C=O) groups excluding carboxylic acids is 1. The molecule has 0 unspecified atom stereocenters. The number of nitro groups is 1. The van der Waals surface area contributed by atoms with Crippen molar-refractivity contribution >= 4 is 45.6 Å². The zero-order valence-electron chi connectivity index (χ0n) is 14.5. The zero-order valence-corrected chi connectivity index (χ0v) is 16.1. The lowest BCUT2D eigenvalue weighted by atomic mass is 9.96. The fourth-order valence-electron chi connectivity index (χ4n) is 3.02. The first kappa shape index (κ1) is 19.6. The highest BCUT2D eigenvalue weighted by molar-refractivity contribution is 7.16. The Morgan fingerprint density at radius 2 is 2.07 bits per heavy atom. The molecule has 0 atom stereocenters. The predicted octanol–water partition coefficient (Wildman–Crippen LogP) is 4.61. The summed E-state index contributed by atoms with van der Waals surface area (Å²) in [6.07, 6.45) is 4.98. The number of nitro benzene ring substituents is 1. The Bertz CT molecular complexity index is 1090. The standard InChI is InChI=1S/C19H13ClN4O3S/c20-15-6-5-11(8-16(15)24(26)27)7-12(9-21)18(25)23-19-14(10-22)13-3-1-2-4-17(13)28-19/h5-8H,1-4H2,(H,23,25)/b12-7+. The summed E-state index contributed by atoms with van der Waals surface area (Å²) in [5, 5.41) is 32.9. The van der Waals surface area contributed by atoms with E-state index in [4.69, 9.17) is 11.6 Å². The second kappa shape index (κ2) is 8.22. The van der Waals surface area contributed by atoms with Crippen molar-refractivity contribution in [1.82, 2.24) is 0 Å². The Labute approximate surface area is 169 Å². The maximum atomic E-state index is 12.6. The lowest BCUT2D eigenvalue weighted by molar-refractivity contribution is -0.384. The molecular weight excluding hydrogens is 400 g/mol. The quantitative estimate of drug-likeness (QED) is 0.340. The summed E-state index contributed by atoms with van der Waals surface area (Å²) >= 11 is 7.14. The molecule has 1 aromatic heterocycles. The summed E-state index contributed by atoms with van der Waals surface area (Å²) in [5.41, 5.74) is 1.18. The zero-order chi connectivity index (χ0) is 20.3. The molecule has 0 saturated heterocycles. The van der Waals surface area contributed by atoms with E-state index in [0.29, 0.717) is 16.1 Å². The number of benzene rings is 1. The molecule has 0 saturated carbocycles. The molecule has 1 N–H and O–H groups in total. The van der Waals surface area contributed by atoms with Crippen LogP contribution in [0.25, 0.3) is 6.08 Å². The monoisotopic (exact) mass is 412 g/mol. The second-order valence-electron chi connectivity index (χ2n) is 6.12. The molecule has 1 heterocycles. The largest absolute Gasteiger partial charge is 0.312 e. The lowest BCUT2D eigenvalue weighted by Crippen LogP contribution is -2.13. The molecule has 1 aliphatic rings. The van der Waals surface area contributed by atoms with E-state index in [1.54, 1.807) is 6.07 Å². The number of nitrogens with zero attached hydrogens (tertiary/aromatic N) is 3. The number of fused-ring (bicyclic) bond motifs is 1. The first-order chi connectivity index (χ1) is 13.4. The minimum atomic E-state index is -0.671. The van der Waals surface area contributed by atoms with Gasteiger partial charge in [0.25, 0.3) is 11.6 Å². The topological polar surface area (TPSA) is 120 Å². The van der Waals surface area contributed by atoms with Crippen molar-refractivity contribution in [2.45, 2.75) is 25.7 Å². The van der Waals surface area contributed by atoms with Crippen molar-refractivity contribution < 1.29 is 9.72 Å². The first-order valence-corrected chi connectivity index (χ1v) is 9.55. The molecular formula is C19H13ClN4O3S. The van der Waals surface area contributed by atoms with Crippen LogP contribution in [-0.2, 0) is 17.6 Å². The SMILES string of the molecule is N#C/C(=C\c1ccc(Cl)c([N+](=O)[O-])c1)C(=O)Nc1sc2c(c1C#N)CCCC2. The van der Waals surface area contributed by atoms with Gasteiger partial charge in [0.15, 0.2) is 0 Å². The van der Waals surface area contributed by atoms with Crippen LogP contribution < -0.4 is 5.32 Å². The third-order valence-electron chi connectivity index (χ3n) is 4.35. The van der Waals surface area contributed by atoms with E-state index in [1.165, 1.54) is 35.6 Å². The highest BCUT2D eigenvalue weighted by Crippen LogP contribution is 2.37. The Morgan fingerprint density at radius 1 is 1.32 bits per heavy atom. The maximum Gasteiger partial charge on any atom is 0.288 e. The summed E-state index contributed by atoms with van der Waals surface area (Å²) < 4.78 is 0. The predicted molar refractivity (Wildman–Crippen MR) is 106 cm³/mol. The average molecular weight is 413 g/mol. The molecule has 28 heavy (non-hydrogen) atoms. The van der Waals surface area contributed by atoms with Gasteiger partial charge in [-0.05, 0) is 49.0 Å². The molecule has 0 radical (unpaired) electrons. The van der Waals surface area contributed by atoms with E-state index in [0.717, 1.165) is 36.1 Å². The molecule has 140 valence electrons. The van der Waals surface area contributed by atoms with Crippen molar-refractivity contribution in [3.8, 4) is 12.1 Å². The smallest absolute Gasteiger partial charge is 0.288 e. The molecule has 3 rings (SSSR count). The van der Waals surface area contributed by atoms with Crippen LogP contribution in [0, 0.1) is 32.8 Å². The Morgan fingerprint density at radius 3 is 2.75 bits per heavy atom. The minimum absolute atomic E-state index is 0.0343. The van der Waals surface area contributed by atoms with Gasteiger partial charge in [-0.25, -0.2) is 0 Å². The van der Waals surface area contributed by atoms with Gasteiger partial charge in [-0.2, -0.15) is 10.5 Å². The van der Waals surface area contributed by atoms with Crippen molar-refractivity contribution in [3.05, 3.63) is 60.5 Å². The molecule has 1 amide bonds. The fourth-order valence-corrected chi connectivity index (χ4v) is 4.44.